The van der Waals surface area contributed by atoms with Gasteiger partial charge in [0.1, 0.15) is 19.3 Å². The fourth-order valence-electron chi connectivity index (χ4n) is 10.7. The number of ether oxygens (including phenoxy) is 1. The van der Waals surface area contributed by atoms with Crippen molar-refractivity contribution in [3.8, 4) is 0 Å². The summed E-state index contributed by atoms with van der Waals surface area (Å²) in [6.45, 7) is 7.02. The Kier molecular flexibility index (Phi) is 61.5. The fraction of sp³-hybridized carbons (Fsp3) is 0.863. The molecule has 0 saturated carbocycles. The number of likely N-dealkylation sites (N-methyl/N-ethyl adjacent to an activating group) is 1. The van der Waals surface area contributed by atoms with E-state index in [1.165, 1.54) is 238 Å². The lowest BCUT2D eigenvalue weighted by molar-refractivity contribution is -0.870. The van der Waals surface area contributed by atoms with Crippen LogP contribution in [0, 0.1) is 0 Å². The molecule has 0 fully saturated rings. The van der Waals surface area contributed by atoms with Gasteiger partial charge >= 0.3 is 13.8 Å². The summed E-state index contributed by atoms with van der Waals surface area (Å²) < 4.78 is 30.8. The highest BCUT2D eigenvalue weighted by Gasteiger charge is 2.30. The Hall–Kier alpha value is -2.03. The van der Waals surface area contributed by atoms with E-state index < -0.39 is 20.0 Å². The molecular weight excluding hydrogens is 1050 g/mol. The highest BCUT2D eigenvalue weighted by molar-refractivity contribution is 7.47. The first-order valence-corrected chi connectivity index (χ1v) is 37.5. The van der Waals surface area contributed by atoms with E-state index in [9.17, 15) is 19.0 Å². The Morgan fingerprint density at radius 3 is 1.12 bits per heavy atom. The Bertz CT molecular complexity index is 1560. The molecule has 0 radical (unpaired) electrons. The third-order valence-corrected chi connectivity index (χ3v) is 17.3. The van der Waals surface area contributed by atoms with Crippen LogP contribution in [0.5, 0.6) is 0 Å². The van der Waals surface area contributed by atoms with Gasteiger partial charge in [0, 0.05) is 12.8 Å². The highest BCUT2D eigenvalue weighted by Crippen LogP contribution is 2.43. The highest BCUT2D eigenvalue weighted by atomic mass is 31.2. The molecule has 0 aliphatic carbocycles. The van der Waals surface area contributed by atoms with Crippen molar-refractivity contribution in [2.75, 3.05) is 40.9 Å². The molecule has 0 spiro atoms. The molecule has 10 heteroatoms. The molecule has 9 nitrogen and oxygen atoms in total. The van der Waals surface area contributed by atoms with E-state index in [2.05, 4.69) is 62.5 Å². The summed E-state index contributed by atoms with van der Waals surface area (Å²) in [5.41, 5.74) is 0. The van der Waals surface area contributed by atoms with Crippen LogP contribution in [0.3, 0.4) is 0 Å². The second kappa shape index (κ2) is 63.0. The number of nitrogens with one attached hydrogen (secondary N) is 1. The molecule has 1 amide bonds. The molecule has 2 N–H and O–H groups in total. The molecule has 3 unspecified atom stereocenters. The predicted molar refractivity (Wildman–Crippen MR) is 360 cm³/mol. The van der Waals surface area contributed by atoms with E-state index in [-0.39, 0.29) is 25.1 Å². The van der Waals surface area contributed by atoms with E-state index in [0.29, 0.717) is 23.9 Å². The molecule has 0 bridgehead atoms. The van der Waals surface area contributed by atoms with Gasteiger partial charge in [-0.15, -0.1) is 0 Å². The van der Waals surface area contributed by atoms with Crippen molar-refractivity contribution in [1.29, 1.82) is 0 Å². The average Bonchev–Trinajstić information content (AvgIpc) is 3.52. The van der Waals surface area contributed by atoms with Gasteiger partial charge in [-0.2, -0.15) is 0 Å². The third-order valence-electron chi connectivity index (χ3n) is 16.3. The first-order valence-electron chi connectivity index (χ1n) is 36.0. The monoisotopic (exact) mass is 1190 g/mol. The van der Waals surface area contributed by atoms with Crippen molar-refractivity contribution in [3.05, 3.63) is 48.6 Å². The maximum atomic E-state index is 13.6. The van der Waals surface area contributed by atoms with Crippen molar-refractivity contribution in [3.63, 3.8) is 0 Å². The van der Waals surface area contributed by atoms with Gasteiger partial charge in [-0.25, -0.2) is 4.57 Å². The smallest absolute Gasteiger partial charge is 0.456 e. The molecule has 0 aliphatic rings. The Balaban J connectivity index is 4.96. The summed E-state index contributed by atoms with van der Waals surface area (Å²) in [5, 5.41) is 3.06. The molecule has 0 aromatic carbocycles. The molecule has 488 valence electrons. The van der Waals surface area contributed by atoms with Crippen LogP contribution in [0.15, 0.2) is 48.6 Å². The molecule has 3 atom stereocenters. The molecule has 0 aliphatic heterocycles. The van der Waals surface area contributed by atoms with Crippen molar-refractivity contribution in [2.24, 2.45) is 0 Å². The topological polar surface area (TPSA) is 111 Å². The summed E-state index contributed by atoms with van der Waals surface area (Å²) in [6.07, 6.45) is 79.9. The lowest BCUT2D eigenvalue weighted by Gasteiger charge is -2.27. The Morgan fingerprint density at radius 2 is 0.735 bits per heavy atom. The van der Waals surface area contributed by atoms with Gasteiger partial charge in [0.15, 0.2) is 0 Å². The number of hydrogen-bond acceptors (Lipinski definition) is 6. The second-order valence-corrected chi connectivity index (χ2v) is 27.2. The quantitative estimate of drug-likeness (QED) is 0.0205. The Morgan fingerprint density at radius 1 is 0.422 bits per heavy atom. The van der Waals surface area contributed by atoms with Crippen LogP contribution in [0.1, 0.15) is 355 Å². The zero-order valence-electron chi connectivity index (χ0n) is 56.0. The molecular formula is C73H140N2O7P+. The number of quaternary nitrogens is 1. The number of hydrogen-bond donors (Lipinski definition) is 2. The van der Waals surface area contributed by atoms with Gasteiger partial charge in [0.25, 0.3) is 0 Å². The van der Waals surface area contributed by atoms with Crippen molar-refractivity contribution < 1.29 is 37.3 Å². The molecule has 0 saturated heterocycles. The minimum Gasteiger partial charge on any atom is -0.456 e. The lowest BCUT2D eigenvalue weighted by atomic mass is 10.0. The number of carbonyl (C=O) groups excluding carboxylic acids is 2. The third kappa shape index (κ3) is 64.3. The number of nitrogens with zero attached hydrogens (tertiary/aromatic N) is 1. The summed E-state index contributed by atoms with van der Waals surface area (Å²) in [6, 6.07) is -0.854. The molecule has 0 aromatic rings. The number of phosphoric ester groups is 1. The number of carbonyl (C=O) groups is 2. The van der Waals surface area contributed by atoms with E-state index in [1.807, 2.05) is 33.3 Å². The maximum Gasteiger partial charge on any atom is 0.472 e. The van der Waals surface area contributed by atoms with Gasteiger partial charge in [-0.05, 0) is 70.3 Å². The lowest BCUT2D eigenvalue weighted by Crippen LogP contribution is -2.47. The zero-order chi connectivity index (χ0) is 60.7. The molecule has 0 aromatic heterocycles. The molecule has 83 heavy (non-hydrogen) atoms. The SMILES string of the molecule is CCCCC/C=C\C/C=C\C/C=C\CCCCCCCCC(=O)NC(COP(=O)(O)OCC[N+](C)(C)C)C(/C=C\CCCCCCCCCCC)OC(=O)CCCCCCCCCCCCCCCCCCCCCCCCCCCCC. The number of rotatable bonds is 66. The number of allylic oxidation sites excluding steroid dienone is 7. The van der Waals surface area contributed by atoms with E-state index in [1.54, 1.807) is 0 Å². The van der Waals surface area contributed by atoms with Gasteiger partial charge in [-0.3, -0.25) is 18.6 Å². The summed E-state index contributed by atoms with van der Waals surface area (Å²) in [4.78, 5) is 37.8. The van der Waals surface area contributed by atoms with Crippen LogP contribution in [-0.4, -0.2) is 74.3 Å². The van der Waals surface area contributed by atoms with E-state index in [0.717, 1.165) is 83.5 Å². The van der Waals surface area contributed by atoms with Crippen molar-refractivity contribution in [2.45, 2.75) is 367 Å². The zero-order valence-corrected chi connectivity index (χ0v) is 56.8. The average molecular weight is 1190 g/mol. The molecule has 0 heterocycles. The van der Waals surface area contributed by atoms with E-state index >= 15 is 0 Å². The first-order chi connectivity index (χ1) is 40.4. The van der Waals surface area contributed by atoms with Crippen LogP contribution < -0.4 is 5.32 Å². The maximum absolute atomic E-state index is 13.6. The number of amides is 1. The predicted octanol–water partition coefficient (Wildman–Crippen LogP) is 22.8. The van der Waals surface area contributed by atoms with Gasteiger partial charge in [-0.1, -0.05) is 320 Å². The van der Waals surface area contributed by atoms with Gasteiger partial charge in [0.05, 0.1) is 33.8 Å². The summed E-state index contributed by atoms with van der Waals surface area (Å²) in [5.74, 6) is -0.504. The van der Waals surface area contributed by atoms with Crippen LogP contribution in [0.2, 0.25) is 0 Å². The minimum absolute atomic E-state index is 0.0386. The normalized spacial score (nSPS) is 13.8. The van der Waals surface area contributed by atoms with Crippen molar-refractivity contribution in [1.82, 2.24) is 5.32 Å². The van der Waals surface area contributed by atoms with Gasteiger partial charge < -0.3 is 19.4 Å². The second-order valence-electron chi connectivity index (χ2n) is 25.8. The number of phosphoric acid groups is 1. The van der Waals surface area contributed by atoms with Crippen LogP contribution in [0.25, 0.3) is 0 Å². The minimum atomic E-state index is -4.45. The number of esters is 1. The van der Waals surface area contributed by atoms with Crippen LogP contribution in [0.4, 0.5) is 0 Å². The number of unbranched alkanes of at least 4 members (excludes halogenated alkanes) is 44. The Labute approximate surface area is 516 Å². The molecule has 0 rings (SSSR count). The van der Waals surface area contributed by atoms with Crippen molar-refractivity contribution >= 4 is 19.7 Å². The largest absolute Gasteiger partial charge is 0.472 e. The standard InChI is InChI=1S/C73H139N2O7P/c1-7-10-13-16-19-22-25-27-29-31-33-34-35-36-37-38-39-40-42-44-46-48-51-54-57-60-63-66-73(77)82-71(64-61-58-55-52-49-24-21-18-15-12-9-3)70(69-81-83(78,79)80-68-67-75(4,5)6)74-72(76)65-62-59-56-53-50-47-45-43-41-32-30-28-26-23-20-17-14-11-8-2/h20,23,28,30,41,43,61,64,70-71H,7-19,21-22,24-27,29,31-40,42,44-60,62-63,65-69H2,1-6H3,(H-,74,76,78,79)/p+1/b23-20-,30-28-,43-41-,64-61-. The van der Waals surface area contributed by atoms with Crippen LogP contribution in [-0.2, 0) is 27.9 Å². The van der Waals surface area contributed by atoms with Crippen LogP contribution >= 0.6 is 7.82 Å². The van der Waals surface area contributed by atoms with E-state index in [4.69, 9.17) is 13.8 Å². The summed E-state index contributed by atoms with van der Waals surface area (Å²) in [7, 11) is 1.50. The van der Waals surface area contributed by atoms with Gasteiger partial charge in [0.2, 0.25) is 5.91 Å². The fourth-order valence-corrected chi connectivity index (χ4v) is 11.5. The summed E-state index contributed by atoms with van der Waals surface area (Å²) >= 11 is 0. The first kappa shape index (κ1) is 81.0.